The highest BCUT2D eigenvalue weighted by atomic mass is 127. The van der Waals surface area contributed by atoms with Crippen molar-refractivity contribution in [1.82, 2.24) is 0 Å². The van der Waals surface area contributed by atoms with Crippen molar-refractivity contribution in [2.45, 2.75) is 38.5 Å². The average molecular weight is 362 g/mol. The molecule has 0 unspecified atom stereocenters. The number of nitrogens with two attached hydrogens (primary N) is 1. The summed E-state index contributed by atoms with van der Waals surface area (Å²) in [6.07, 6.45) is 7.97. The van der Waals surface area contributed by atoms with Crippen molar-refractivity contribution in [3.8, 4) is 0 Å². The molecule has 3 N–H and O–H groups in total. The first kappa shape index (κ1) is 13.9. The van der Waals surface area contributed by atoms with Crippen LogP contribution in [0.2, 0.25) is 0 Å². The van der Waals surface area contributed by atoms with Crippen molar-refractivity contribution in [2.75, 3.05) is 17.6 Å². The van der Waals surface area contributed by atoms with Crippen LogP contribution in [-0.4, -0.2) is 6.54 Å². The van der Waals surface area contributed by atoms with Crippen LogP contribution in [0, 0.1) is 15.3 Å². The van der Waals surface area contributed by atoms with E-state index in [0.717, 1.165) is 24.6 Å². The molecular formula is C14H20FIN2. The van der Waals surface area contributed by atoms with Gasteiger partial charge in [0.2, 0.25) is 0 Å². The molecule has 0 spiro atoms. The lowest BCUT2D eigenvalue weighted by Crippen LogP contribution is -2.13. The summed E-state index contributed by atoms with van der Waals surface area (Å²) in [5.74, 6) is 0.631. The van der Waals surface area contributed by atoms with E-state index in [-0.39, 0.29) is 5.82 Å². The second kappa shape index (κ2) is 6.59. The van der Waals surface area contributed by atoms with Crippen LogP contribution in [0.1, 0.15) is 38.5 Å². The van der Waals surface area contributed by atoms with Gasteiger partial charge in [-0.15, -0.1) is 0 Å². The molecule has 0 amide bonds. The van der Waals surface area contributed by atoms with Crippen LogP contribution in [0.4, 0.5) is 15.8 Å². The highest BCUT2D eigenvalue weighted by molar-refractivity contribution is 14.1. The predicted octanol–water partition coefficient (Wildman–Crippen LogP) is 4.39. The van der Waals surface area contributed by atoms with E-state index in [1.54, 1.807) is 6.07 Å². The van der Waals surface area contributed by atoms with E-state index in [1.165, 1.54) is 38.2 Å². The molecule has 100 valence electrons. The highest BCUT2D eigenvalue weighted by Crippen LogP contribution is 2.27. The van der Waals surface area contributed by atoms with Crippen LogP contribution in [0.5, 0.6) is 0 Å². The molecule has 2 rings (SSSR count). The fourth-order valence-electron chi connectivity index (χ4n) is 2.60. The first-order valence-electron chi connectivity index (χ1n) is 6.65. The molecule has 2 nitrogen and oxygen atoms in total. The lowest BCUT2D eigenvalue weighted by atomic mass is 9.87. The van der Waals surface area contributed by atoms with Gasteiger partial charge in [0.1, 0.15) is 5.82 Å². The average Bonchev–Trinajstić information content (AvgIpc) is 2.37. The fraction of sp³-hybridized carbons (Fsp3) is 0.571. The van der Waals surface area contributed by atoms with E-state index in [1.807, 2.05) is 22.6 Å². The minimum Gasteiger partial charge on any atom is -0.397 e. The van der Waals surface area contributed by atoms with Crippen LogP contribution in [-0.2, 0) is 0 Å². The van der Waals surface area contributed by atoms with Gasteiger partial charge >= 0.3 is 0 Å². The third-order valence-corrected chi connectivity index (χ3v) is 4.51. The topological polar surface area (TPSA) is 38.0 Å². The molecule has 1 fully saturated rings. The van der Waals surface area contributed by atoms with Gasteiger partial charge in [-0.05, 0) is 41.0 Å². The zero-order valence-corrected chi connectivity index (χ0v) is 12.7. The summed E-state index contributed by atoms with van der Waals surface area (Å²) in [6, 6.07) is 3.18. The predicted molar refractivity (Wildman–Crippen MR) is 83.2 cm³/mol. The van der Waals surface area contributed by atoms with Gasteiger partial charge in [-0.3, -0.25) is 0 Å². The molecule has 1 aliphatic carbocycles. The summed E-state index contributed by atoms with van der Waals surface area (Å²) >= 11 is 1.96. The summed E-state index contributed by atoms with van der Waals surface area (Å²) < 4.78 is 14.0. The molecule has 1 aliphatic rings. The van der Waals surface area contributed by atoms with Crippen LogP contribution in [0.3, 0.4) is 0 Å². The monoisotopic (exact) mass is 362 g/mol. The minimum absolute atomic E-state index is 0.204. The zero-order chi connectivity index (χ0) is 13.0. The number of halogens is 2. The number of rotatable bonds is 4. The van der Waals surface area contributed by atoms with E-state index in [2.05, 4.69) is 5.32 Å². The molecule has 0 bridgehead atoms. The summed E-state index contributed by atoms with van der Waals surface area (Å²) in [5, 5.41) is 3.26. The molecular weight excluding hydrogens is 342 g/mol. The number of anilines is 2. The van der Waals surface area contributed by atoms with Gasteiger partial charge in [0.05, 0.1) is 14.9 Å². The maximum absolute atomic E-state index is 13.4. The standard InChI is InChI=1S/C14H20FIN2/c15-11-8-14(13(17)9-12(11)16)18-7-6-10-4-2-1-3-5-10/h8-10,18H,1-7,17H2. The third kappa shape index (κ3) is 3.73. The van der Waals surface area contributed by atoms with Gasteiger partial charge in [-0.1, -0.05) is 32.1 Å². The quantitative estimate of drug-likeness (QED) is 0.616. The Labute approximate surface area is 122 Å². The van der Waals surface area contributed by atoms with Gasteiger partial charge in [0.25, 0.3) is 0 Å². The first-order chi connectivity index (χ1) is 8.66. The highest BCUT2D eigenvalue weighted by Gasteiger charge is 2.13. The molecule has 1 aromatic carbocycles. The van der Waals surface area contributed by atoms with E-state index in [4.69, 9.17) is 5.73 Å². The van der Waals surface area contributed by atoms with E-state index in [0.29, 0.717) is 9.26 Å². The van der Waals surface area contributed by atoms with Crippen molar-refractivity contribution in [1.29, 1.82) is 0 Å². The second-order valence-electron chi connectivity index (χ2n) is 5.07. The van der Waals surface area contributed by atoms with Gasteiger partial charge in [0, 0.05) is 12.6 Å². The molecule has 0 atom stereocenters. The zero-order valence-electron chi connectivity index (χ0n) is 10.5. The van der Waals surface area contributed by atoms with Crippen molar-refractivity contribution < 1.29 is 4.39 Å². The lowest BCUT2D eigenvalue weighted by molar-refractivity contribution is 0.345. The Kier molecular flexibility index (Phi) is 5.09. The van der Waals surface area contributed by atoms with Crippen molar-refractivity contribution in [3.05, 3.63) is 21.5 Å². The smallest absolute Gasteiger partial charge is 0.138 e. The minimum atomic E-state index is -0.204. The molecule has 0 radical (unpaired) electrons. The number of hydrogen-bond donors (Lipinski definition) is 2. The van der Waals surface area contributed by atoms with Crippen molar-refractivity contribution >= 4 is 34.0 Å². The molecule has 18 heavy (non-hydrogen) atoms. The Morgan fingerprint density at radius 1 is 1.28 bits per heavy atom. The molecule has 0 saturated heterocycles. The van der Waals surface area contributed by atoms with E-state index in [9.17, 15) is 4.39 Å². The van der Waals surface area contributed by atoms with Crippen LogP contribution < -0.4 is 11.1 Å². The third-order valence-electron chi connectivity index (χ3n) is 3.69. The maximum atomic E-state index is 13.4. The molecule has 1 saturated carbocycles. The van der Waals surface area contributed by atoms with E-state index < -0.39 is 0 Å². The lowest BCUT2D eigenvalue weighted by Gasteiger charge is -2.22. The van der Waals surface area contributed by atoms with E-state index >= 15 is 0 Å². The van der Waals surface area contributed by atoms with Crippen LogP contribution in [0.25, 0.3) is 0 Å². The number of nitrogens with one attached hydrogen (secondary N) is 1. The van der Waals surface area contributed by atoms with Gasteiger partial charge in [-0.25, -0.2) is 4.39 Å². The van der Waals surface area contributed by atoms with Crippen molar-refractivity contribution in [3.63, 3.8) is 0 Å². The fourth-order valence-corrected chi connectivity index (χ4v) is 3.09. The largest absolute Gasteiger partial charge is 0.397 e. The molecule has 1 aromatic rings. The molecule has 0 aliphatic heterocycles. The number of nitrogen functional groups attached to an aromatic ring is 1. The Balaban J connectivity index is 1.84. The number of hydrogen-bond acceptors (Lipinski definition) is 2. The Bertz CT molecular complexity index is 403. The Morgan fingerprint density at radius 3 is 2.72 bits per heavy atom. The van der Waals surface area contributed by atoms with Crippen LogP contribution >= 0.6 is 22.6 Å². The van der Waals surface area contributed by atoms with Crippen molar-refractivity contribution in [2.24, 2.45) is 5.92 Å². The van der Waals surface area contributed by atoms with Crippen LogP contribution in [0.15, 0.2) is 12.1 Å². The maximum Gasteiger partial charge on any atom is 0.138 e. The molecule has 0 aromatic heterocycles. The Morgan fingerprint density at radius 2 is 2.00 bits per heavy atom. The molecule has 4 heteroatoms. The summed E-state index contributed by atoms with van der Waals surface area (Å²) in [5.41, 5.74) is 7.23. The number of benzene rings is 1. The van der Waals surface area contributed by atoms with Gasteiger partial charge in [0.15, 0.2) is 0 Å². The molecule has 0 heterocycles. The summed E-state index contributed by atoms with van der Waals surface area (Å²) in [4.78, 5) is 0. The Hall–Kier alpha value is -0.520. The van der Waals surface area contributed by atoms with Gasteiger partial charge in [-0.2, -0.15) is 0 Å². The normalized spacial score (nSPS) is 16.8. The van der Waals surface area contributed by atoms with Gasteiger partial charge < -0.3 is 11.1 Å². The second-order valence-corrected chi connectivity index (χ2v) is 6.24. The summed E-state index contributed by atoms with van der Waals surface area (Å²) in [6.45, 7) is 0.884. The first-order valence-corrected chi connectivity index (χ1v) is 7.73. The SMILES string of the molecule is Nc1cc(I)c(F)cc1NCCC1CCCCC1. The summed E-state index contributed by atoms with van der Waals surface area (Å²) in [7, 11) is 0.